The summed E-state index contributed by atoms with van der Waals surface area (Å²) in [6.45, 7) is 6.44. The van der Waals surface area contributed by atoms with Gasteiger partial charge in [0.1, 0.15) is 13.2 Å². The predicted molar refractivity (Wildman–Crippen MR) is 251 cm³/mol. The van der Waals surface area contributed by atoms with Crippen LogP contribution >= 0.6 is 0 Å². The van der Waals surface area contributed by atoms with E-state index in [1.807, 2.05) is 0 Å². The molecule has 0 aliphatic rings. The first-order valence-electron chi connectivity index (χ1n) is 24.8. The summed E-state index contributed by atoms with van der Waals surface area (Å²) < 4.78 is 16.7. The van der Waals surface area contributed by atoms with Gasteiger partial charge in [0.2, 0.25) is 0 Å². The Hall–Kier alpha value is -2.89. The average molecular weight is 825 g/mol. The molecule has 0 saturated carbocycles. The zero-order valence-corrected chi connectivity index (χ0v) is 38.8. The number of hydrogen-bond donors (Lipinski definition) is 0. The number of ether oxygens (including phenoxy) is 3. The van der Waals surface area contributed by atoms with E-state index < -0.39 is 6.10 Å². The van der Waals surface area contributed by atoms with Crippen LogP contribution in [0.2, 0.25) is 0 Å². The third kappa shape index (κ3) is 46.0. The molecule has 0 rings (SSSR count). The quantitative estimate of drug-likeness (QED) is 0.0263. The van der Waals surface area contributed by atoms with Crippen molar-refractivity contribution in [3.63, 3.8) is 0 Å². The van der Waals surface area contributed by atoms with Crippen molar-refractivity contribution < 1.29 is 28.6 Å². The standard InChI is InChI=1S/C53H92O6/c1-4-7-10-13-16-19-22-24-25-26-27-28-29-30-32-34-37-40-43-46-52(55)58-49-50(48-57-51(54)45-42-39-36-33-21-18-15-12-9-6-3)59-53(56)47-44-41-38-35-31-23-20-17-14-11-8-5-2/h7,10,12,15-16,19,24-25,27-28,50H,4-6,8-9,11,13-14,17-18,20-23,26,29-49H2,1-3H3/b10-7-,15-12-,19-16-,25-24-,28-27-. The first kappa shape index (κ1) is 56.1. The Labute approximate surface area is 364 Å². The van der Waals surface area contributed by atoms with Crippen molar-refractivity contribution in [3.05, 3.63) is 60.8 Å². The lowest BCUT2D eigenvalue weighted by Crippen LogP contribution is -2.30. The Balaban J connectivity index is 4.34. The van der Waals surface area contributed by atoms with Gasteiger partial charge in [-0.05, 0) is 77.0 Å². The van der Waals surface area contributed by atoms with Crippen molar-refractivity contribution in [3.8, 4) is 0 Å². The summed E-state index contributed by atoms with van der Waals surface area (Å²) in [6.07, 6.45) is 57.7. The van der Waals surface area contributed by atoms with Crippen LogP contribution in [0.15, 0.2) is 60.8 Å². The summed E-state index contributed by atoms with van der Waals surface area (Å²) in [5.41, 5.74) is 0. The molecule has 0 N–H and O–H groups in total. The molecule has 0 aromatic carbocycles. The van der Waals surface area contributed by atoms with Gasteiger partial charge in [-0.25, -0.2) is 0 Å². The second-order valence-electron chi connectivity index (χ2n) is 16.3. The Morgan fingerprint density at radius 2 is 0.695 bits per heavy atom. The number of rotatable bonds is 44. The molecule has 0 aromatic rings. The minimum absolute atomic E-state index is 0.0820. The van der Waals surface area contributed by atoms with Crippen LogP contribution in [0, 0.1) is 0 Å². The molecule has 1 unspecified atom stereocenters. The number of unbranched alkanes of at least 4 members (excludes halogenated alkanes) is 23. The van der Waals surface area contributed by atoms with Gasteiger partial charge in [0.25, 0.3) is 0 Å². The van der Waals surface area contributed by atoms with Crippen molar-refractivity contribution in [2.45, 2.75) is 245 Å². The molecule has 340 valence electrons. The SMILES string of the molecule is CC/C=C\C/C=C\C/C=C\C/C=C\CCCCCCCCC(=O)OCC(COC(=O)CCCCCCC/C=C\CCC)OC(=O)CCCCCCCCCCCCCC. The highest BCUT2D eigenvalue weighted by atomic mass is 16.6. The van der Waals surface area contributed by atoms with Crippen LogP contribution in [0.4, 0.5) is 0 Å². The van der Waals surface area contributed by atoms with Crippen LogP contribution in [0.1, 0.15) is 239 Å². The minimum atomic E-state index is -0.779. The molecular weight excluding hydrogens is 733 g/mol. The van der Waals surface area contributed by atoms with E-state index in [9.17, 15) is 14.4 Å². The summed E-state index contributed by atoms with van der Waals surface area (Å²) in [7, 11) is 0. The van der Waals surface area contributed by atoms with Crippen molar-refractivity contribution in [2.24, 2.45) is 0 Å². The average Bonchev–Trinajstić information content (AvgIpc) is 3.23. The molecule has 0 fully saturated rings. The second kappa shape index (κ2) is 47.8. The van der Waals surface area contributed by atoms with Crippen LogP contribution in [-0.4, -0.2) is 37.2 Å². The topological polar surface area (TPSA) is 78.9 Å². The highest BCUT2D eigenvalue weighted by Gasteiger charge is 2.19. The van der Waals surface area contributed by atoms with Crippen LogP contribution in [0.5, 0.6) is 0 Å². The number of hydrogen-bond acceptors (Lipinski definition) is 6. The zero-order valence-electron chi connectivity index (χ0n) is 38.8. The van der Waals surface area contributed by atoms with E-state index in [1.54, 1.807) is 0 Å². The lowest BCUT2D eigenvalue weighted by Gasteiger charge is -2.18. The van der Waals surface area contributed by atoms with E-state index in [-0.39, 0.29) is 31.1 Å². The fourth-order valence-electron chi connectivity index (χ4n) is 6.79. The van der Waals surface area contributed by atoms with Crippen LogP contribution in [0.25, 0.3) is 0 Å². The molecule has 1 atom stereocenters. The summed E-state index contributed by atoms with van der Waals surface area (Å²) in [6, 6.07) is 0. The van der Waals surface area contributed by atoms with Crippen LogP contribution < -0.4 is 0 Å². The normalized spacial score (nSPS) is 12.5. The molecular formula is C53H92O6. The molecule has 0 aliphatic heterocycles. The third-order valence-corrected chi connectivity index (χ3v) is 10.5. The van der Waals surface area contributed by atoms with Crippen molar-refractivity contribution in [1.29, 1.82) is 0 Å². The smallest absolute Gasteiger partial charge is 0.306 e. The molecule has 0 heterocycles. The van der Waals surface area contributed by atoms with E-state index in [4.69, 9.17) is 14.2 Å². The zero-order chi connectivity index (χ0) is 43.0. The first-order valence-corrected chi connectivity index (χ1v) is 24.8. The van der Waals surface area contributed by atoms with E-state index in [0.717, 1.165) is 103 Å². The fraction of sp³-hybridized carbons (Fsp3) is 0.755. The van der Waals surface area contributed by atoms with Gasteiger partial charge in [-0.3, -0.25) is 14.4 Å². The number of carbonyl (C=O) groups excluding carboxylic acids is 3. The monoisotopic (exact) mass is 825 g/mol. The minimum Gasteiger partial charge on any atom is -0.462 e. The van der Waals surface area contributed by atoms with E-state index in [0.29, 0.717) is 19.3 Å². The Morgan fingerprint density at radius 1 is 0.356 bits per heavy atom. The van der Waals surface area contributed by atoms with E-state index in [2.05, 4.69) is 81.5 Å². The predicted octanol–water partition coefficient (Wildman–Crippen LogP) is 16.1. The van der Waals surface area contributed by atoms with E-state index in [1.165, 1.54) is 96.3 Å². The molecule has 0 radical (unpaired) electrons. The maximum Gasteiger partial charge on any atom is 0.306 e. The molecule has 0 spiro atoms. The number of carbonyl (C=O) groups is 3. The van der Waals surface area contributed by atoms with Gasteiger partial charge in [-0.2, -0.15) is 0 Å². The van der Waals surface area contributed by atoms with Crippen LogP contribution in [0.3, 0.4) is 0 Å². The van der Waals surface area contributed by atoms with E-state index >= 15 is 0 Å². The summed E-state index contributed by atoms with van der Waals surface area (Å²) >= 11 is 0. The largest absolute Gasteiger partial charge is 0.462 e. The van der Waals surface area contributed by atoms with Gasteiger partial charge >= 0.3 is 17.9 Å². The molecule has 0 aromatic heterocycles. The third-order valence-electron chi connectivity index (χ3n) is 10.5. The highest BCUT2D eigenvalue weighted by molar-refractivity contribution is 5.71. The molecule has 0 aliphatic carbocycles. The molecule has 0 amide bonds. The van der Waals surface area contributed by atoms with Gasteiger partial charge in [-0.15, -0.1) is 0 Å². The van der Waals surface area contributed by atoms with Crippen molar-refractivity contribution >= 4 is 17.9 Å². The van der Waals surface area contributed by atoms with Crippen molar-refractivity contribution in [1.82, 2.24) is 0 Å². The molecule has 59 heavy (non-hydrogen) atoms. The highest BCUT2D eigenvalue weighted by Crippen LogP contribution is 2.15. The maximum atomic E-state index is 12.7. The lowest BCUT2D eigenvalue weighted by atomic mass is 10.0. The van der Waals surface area contributed by atoms with Gasteiger partial charge < -0.3 is 14.2 Å². The molecule has 0 saturated heterocycles. The number of allylic oxidation sites excluding steroid dienone is 10. The second-order valence-corrected chi connectivity index (χ2v) is 16.3. The lowest BCUT2D eigenvalue weighted by molar-refractivity contribution is -0.167. The molecule has 6 nitrogen and oxygen atoms in total. The summed E-state index contributed by atoms with van der Waals surface area (Å²) in [5, 5.41) is 0. The first-order chi connectivity index (χ1) is 29.0. The Morgan fingerprint density at radius 3 is 1.12 bits per heavy atom. The fourth-order valence-corrected chi connectivity index (χ4v) is 6.79. The van der Waals surface area contributed by atoms with Gasteiger partial charge in [0, 0.05) is 19.3 Å². The molecule has 6 heteroatoms. The molecule has 0 bridgehead atoms. The van der Waals surface area contributed by atoms with Gasteiger partial charge in [-0.1, -0.05) is 204 Å². The van der Waals surface area contributed by atoms with Crippen molar-refractivity contribution in [2.75, 3.05) is 13.2 Å². The van der Waals surface area contributed by atoms with Gasteiger partial charge in [0.15, 0.2) is 6.10 Å². The Kier molecular flexibility index (Phi) is 45.4. The summed E-state index contributed by atoms with van der Waals surface area (Å²) in [4.78, 5) is 37.8. The van der Waals surface area contributed by atoms with Gasteiger partial charge in [0.05, 0.1) is 0 Å². The summed E-state index contributed by atoms with van der Waals surface area (Å²) in [5.74, 6) is -0.904. The number of esters is 3. The van der Waals surface area contributed by atoms with Crippen LogP contribution in [-0.2, 0) is 28.6 Å². The Bertz CT molecular complexity index is 1090. The maximum absolute atomic E-state index is 12.7.